The van der Waals surface area contributed by atoms with Gasteiger partial charge in [-0.3, -0.25) is 19.1 Å². The van der Waals surface area contributed by atoms with Crippen molar-refractivity contribution in [3.8, 4) is 17.2 Å². The summed E-state index contributed by atoms with van der Waals surface area (Å²) in [5.41, 5.74) is 3.14. The fourth-order valence-electron chi connectivity index (χ4n) is 5.28. The van der Waals surface area contributed by atoms with Crippen LogP contribution in [0.25, 0.3) is 21.3 Å². The van der Waals surface area contributed by atoms with Crippen molar-refractivity contribution in [2.75, 3.05) is 13.2 Å². The average molecular weight is 665 g/mol. The first-order valence-electron chi connectivity index (χ1n) is 16.1. The van der Waals surface area contributed by atoms with Gasteiger partial charge in [0.1, 0.15) is 17.7 Å². The molecule has 1 N–H and O–H groups in total. The van der Waals surface area contributed by atoms with Gasteiger partial charge in [0.25, 0.3) is 0 Å². The summed E-state index contributed by atoms with van der Waals surface area (Å²) in [6, 6.07) is 14.8. The van der Waals surface area contributed by atoms with Crippen molar-refractivity contribution < 1.29 is 18.8 Å². The summed E-state index contributed by atoms with van der Waals surface area (Å²) in [4.78, 5) is 40.3. The zero-order chi connectivity index (χ0) is 33.9. The number of likely N-dealkylation sites (tertiary alicyclic amines) is 1. The molecule has 1 saturated heterocycles. The monoisotopic (exact) mass is 664 g/mol. The van der Waals surface area contributed by atoms with E-state index in [1.54, 1.807) is 25.3 Å². The number of ether oxygens (including phenoxy) is 1. The van der Waals surface area contributed by atoms with E-state index in [2.05, 4.69) is 45.3 Å². The van der Waals surface area contributed by atoms with Crippen LogP contribution in [-0.2, 0) is 26.9 Å². The maximum Gasteiger partial charge on any atom is 0.410 e. The summed E-state index contributed by atoms with van der Waals surface area (Å²) >= 11 is 1.24. The Bertz CT molecular complexity index is 1640. The van der Waals surface area contributed by atoms with E-state index in [1.165, 1.54) is 16.2 Å². The number of piperidine rings is 1. The molecular formula is C35H48N4O5SSi. The van der Waals surface area contributed by atoms with Gasteiger partial charge in [-0.15, -0.1) is 0 Å². The van der Waals surface area contributed by atoms with Gasteiger partial charge in [-0.1, -0.05) is 62.4 Å². The number of fused-ring (bicyclic) bond motifs is 1. The molecule has 3 aromatic rings. The summed E-state index contributed by atoms with van der Waals surface area (Å²) < 4.78 is 14.6. The molecule has 1 aliphatic heterocycles. The van der Waals surface area contributed by atoms with Crippen molar-refractivity contribution in [1.29, 1.82) is 5.26 Å². The van der Waals surface area contributed by atoms with Crippen molar-refractivity contribution in [3.63, 3.8) is 0 Å². The fourth-order valence-corrected chi connectivity index (χ4v) is 7.27. The van der Waals surface area contributed by atoms with Crippen LogP contribution in [0.2, 0.25) is 18.1 Å². The minimum absolute atomic E-state index is 0.00774. The number of carbonyl (C=O) groups is 2. The van der Waals surface area contributed by atoms with Crippen molar-refractivity contribution in [2.24, 2.45) is 0 Å². The molecule has 2 aromatic carbocycles. The topological polar surface area (TPSA) is 114 Å². The molecule has 2 amide bonds. The zero-order valence-corrected chi connectivity index (χ0v) is 30.3. The first kappa shape index (κ1) is 35.4. The number of hydrogen-bond donors (Lipinski definition) is 1. The van der Waals surface area contributed by atoms with E-state index in [0.29, 0.717) is 32.5 Å². The minimum atomic E-state index is -1.89. The number of hydrogen-bond acceptors (Lipinski definition) is 7. The lowest BCUT2D eigenvalue weighted by molar-refractivity contribution is -0.128. The second kappa shape index (κ2) is 14.1. The SMILES string of the molecule is CC(C)(C)OC(=O)N1CCCC[C@H]1C(=O)N[C@H](C#N)Cc1ccc(-c2ccc3c(c2)sc(=O)n3CCO[Si](C)(C)C(C)(C)C)cc1. The summed E-state index contributed by atoms with van der Waals surface area (Å²) in [6.07, 6.45) is 2.00. The summed E-state index contributed by atoms with van der Waals surface area (Å²) in [6.45, 7) is 17.9. The largest absolute Gasteiger partial charge is 0.444 e. The Hall–Kier alpha value is -3.46. The van der Waals surface area contributed by atoms with E-state index in [4.69, 9.17) is 9.16 Å². The van der Waals surface area contributed by atoms with Gasteiger partial charge in [0.2, 0.25) is 5.91 Å². The molecule has 9 nitrogen and oxygen atoms in total. The zero-order valence-electron chi connectivity index (χ0n) is 28.4. The Morgan fingerprint density at radius 2 is 1.74 bits per heavy atom. The summed E-state index contributed by atoms with van der Waals surface area (Å²) in [5, 5.41) is 12.8. The quantitative estimate of drug-likeness (QED) is 0.244. The van der Waals surface area contributed by atoms with Gasteiger partial charge in [0.15, 0.2) is 8.32 Å². The Morgan fingerprint density at radius 1 is 1.07 bits per heavy atom. The predicted molar refractivity (Wildman–Crippen MR) is 186 cm³/mol. The summed E-state index contributed by atoms with van der Waals surface area (Å²) in [5.74, 6) is -0.334. The van der Waals surface area contributed by atoms with Crippen LogP contribution >= 0.6 is 11.3 Å². The minimum Gasteiger partial charge on any atom is -0.444 e. The van der Waals surface area contributed by atoms with Gasteiger partial charge >= 0.3 is 11.0 Å². The number of carbonyl (C=O) groups excluding carboxylic acids is 2. The van der Waals surface area contributed by atoms with Gasteiger partial charge in [-0.2, -0.15) is 5.26 Å². The third-order valence-electron chi connectivity index (χ3n) is 8.89. The lowest BCUT2D eigenvalue weighted by Crippen LogP contribution is -2.54. The maximum absolute atomic E-state index is 13.2. The lowest BCUT2D eigenvalue weighted by atomic mass is 9.99. The molecule has 2 heterocycles. The molecule has 2 atom stereocenters. The van der Waals surface area contributed by atoms with Crippen LogP contribution in [0.5, 0.6) is 0 Å². The Morgan fingerprint density at radius 3 is 2.37 bits per heavy atom. The Kier molecular flexibility index (Phi) is 10.9. The molecule has 1 fully saturated rings. The number of nitriles is 1. The standard InChI is InChI=1S/C35H48N4O5SSi/c1-34(2,3)44-32(41)38-18-10-9-11-29(38)31(40)37-27(23-36)21-24-12-14-25(15-13-24)26-16-17-28-30(22-26)45-33(42)39(28)19-20-43-46(7,8)35(4,5)6/h12-17,22,27,29H,9-11,18-21H2,1-8H3,(H,37,40)/t27-,29-/m0/s1. The van der Waals surface area contributed by atoms with Crippen molar-refractivity contribution in [1.82, 2.24) is 14.8 Å². The van der Waals surface area contributed by atoms with E-state index >= 15 is 0 Å². The maximum atomic E-state index is 13.2. The Labute approximate surface area is 277 Å². The first-order valence-corrected chi connectivity index (χ1v) is 19.8. The highest BCUT2D eigenvalue weighted by Crippen LogP contribution is 2.36. The molecular weight excluding hydrogens is 617 g/mol. The Balaban J connectivity index is 1.40. The van der Waals surface area contributed by atoms with Gasteiger partial charge in [0.05, 0.1) is 22.9 Å². The van der Waals surface area contributed by atoms with Crippen LogP contribution in [0.4, 0.5) is 4.79 Å². The van der Waals surface area contributed by atoms with Crippen LogP contribution < -0.4 is 10.2 Å². The number of amides is 2. The third kappa shape index (κ3) is 8.66. The molecule has 0 bridgehead atoms. The normalized spacial score (nSPS) is 16.6. The van der Waals surface area contributed by atoms with Crippen LogP contribution in [0.3, 0.4) is 0 Å². The predicted octanol–water partition coefficient (Wildman–Crippen LogP) is 7.09. The van der Waals surface area contributed by atoms with Crippen LogP contribution in [0, 0.1) is 11.3 Å². The van der Waals surface area contributed by atoms with Crippen LogP contribution in [0.15, 0.2) is 47.3 Å². The van der Waals surface area contributed by atoms with E-state index < -0.39 is 32.1 Å². The van der Waals surface area contributed by atoms with E-state index in [0.717, 1.165) is 39.7 Å². The first-order chi connectivity index (χ1) is 21.5. The van der Waals surface area contributed by atoms with Gasteiger partial charge in [-0.25, -0.2) is 4.79 Å². The number of rotatable bonds is 9. The number of aromatic nitrogens is 1. The number of nitrogens with zero attached hydrogens (tertiary/aromatic N) is 3. The van der Waals surface area contributed by atoms with E-state index in [9.17, 15) is 19.6 Å². The molecule has 4 rings (SSSR count). The van der Waals surface area contributed by atoms with Gasteiger partial charge in [-0.05, 0) is 87.0 Å². The highest BCUT2D eigenvalue weighted by atomic mass is 32.1. The molecule has 248 valence electrons. The molecule has 0 unspecified atom stereocenters. The molecule has 0 saturated carbocycles. The average Bonchev–Trinajstić information content (AvgIpc) is 3.29. The van der Waals surface area contributed by atoms with Crippen LogP contribution in [-0.4, -0.2) is 60.6 Å². The molecule has 46 heavy (non-hydrogen) atoms. The highest BCUT2D eigenvalue weighted by Gasteiger charge is 2.37. The lowest BCUT2D eigenvalue weighted by Gasteiger charge is -2.36. The second-order valence-corrected chi connectivity index (χ2v) is 20.4. The molecule has 0 aliphatic carbocycles. The molecule has 0 spiro atoms. The van der Waals surface area contributed by atoms with Gasteiger partial charge < -0.3 is 14.5 Å². The summed E-state index contributed by atoms with van der Waals surface area (Å²) in [7, 11) is -1.89. The molecule has 1 aliphatic rings. The van der Waals surface area contributed by atoms with Crippen molar-refractivity contribution >= 4 is 41.9 Å². The number of nitrogens with one attached hydrogen (secondary N) is 1. The second-order valence-electron chi connectivity index (χ2n) is 14.6. The van der Waals surface area contributed by atoms with E-state index in [-0.39, 0.29) is 15.8 Å². The van der Waals surface area contributed by atoms with Crippen molar-refractivity contribution in [3.05, 3.63) is 57.7 Å². The molecule has 1 aromatic heterocycles. The highest BCUT2D eigenvalue weighted by molar-refractivity contribution is 7.16. The third-order valence-corrected chi connectivity index (χ3v) is 14.4. The molecule has 0 radical (unpaired) electrons. The number of benzene rings is 2. The van der Waals surface area contributed by atoms with Crippen LogP contribution in [0.1, 0.15) is 66.4 Å². The smallest absolute Gasteiger partial charge is 0.410 e. The molecule has 11 heteroatoms. The fraction of sp³-hybridized carbons (Fsp3) is 0.543. The van der Waals surface area contributed by atoms with Gasteiger partial charge in [0, 0.05) is 19.5 Å². The number of thiazole rings is 1. The van der Waals surface area contributed by atoms with Crippen molar-refractivity contribution in [2.45, 2.75) is 110 Å². The van der Waals surface area contributed by atoms with E-state index in [1.807, 2.05) is 42.5 Å².